The van der Waals surface area contributed by atoms with Crippen LogP contribution in [0.4, 0.5) is 4.79 Å². The van der Waals surface area contributed by atoms with Crippen LogP contribution in [0.25, 0.3) is 11.0 Å². The number of nitrogens with one attached hydrogen (secondary N) is 2. The number of carbonyl (C=O) groups is 3. The van der Waals surface area contributed by atoms with E-state index in [0.717, 1.165) is 55.1 Å². The van der Waals surface area contributed by atoms with E-state index in [1.54, 1.807) is 11.6 Å². The highest BCUT2D eigenvalue weighted by molar-refractivity contribution is 6.00. The maximum absolute atomic E-state index is 12.9. The number of ether oxygens (including phenoxy) is 1. The fourth-order valence-corrected chi connectivity index (χ4v) is 4.18. The van der Waals surface area contributed by atoms with Crippen LogP contribution in [0, 0.1) is 0 Å². The first kappa shape index (κ1) is 22.6. The van der Waals surface area contributed by atoms with Gasteiger partial charge in [0.1, 0.15) is 6.04 Å². The van der Waals surface area contributed by atoms with E-state index in [1.807, 2.05) is 18.2 Å². The molecule has 2 N–H and O–H groups in total. The van der Waals surface area contributed by atoms with Gasteiger partial charge in [-0.2, -0.15) is 0 Å². The minimum Gasteiger partial charge on any atom is -0.453 e. The first-order valence-corrected chi connectivity index (χ1v) is 10.8. The van der Waals surface area contributed by atoms with E-state index in [-0.39, 0.29) is 18.0 Å². The normalized spacial score (nSPS) is 16.4. The molecule has 9 nitrogen and oxygen atoms in total. The van der Waals surface area contributed by atoms with Crippen LogP contribution in [0.1, 0.15) is 56.6 Å². The predicted molar refractivity (Wildman–Crippen MR) is 116 cm³/mol. The number of aryl methyl sites for hydroxylation is 2. The van der Waals surface area contributed by atoms with E-state index < -0.39 is 18.0 Å². The summed E-state index contributed by atoms with van der Waals surface area (Å²) >= 11 is 0. The molecule has 1 aliphatic heterocycles. The number of piperidine rings is 1. The molecule has 1 atom stereocenters. The minimum atomic E-state index is -0.664. The van der Waals surface area contributed by atoms with Crippen LogP contribution in [0.15, 0.2) is 23.0 Å². The Labute approximate surface area is 180 Å². The number of benzene rings is 1. The van der Waals surface area contributed by atoms with Gasteiger partial charge in [0.15, 0.2) is 0 Å². The van der Waals surface area contributed by atoms with Crippen LogP contribution in [-0.2, 0) is 27.8 Å². The molecule has 1 aromatic heterocycles. The summed E-state index contributed by atoms with van der Waals surface area (Å²) in [6, 6.07) is 5.13. The van der Waals surface area contributed by atoms with Gasteiger partial charge in [0.05, 0.1) is 18.1 Å². The third kappa shape index (κ3) is 5.15. The number of fused-ring (bicyclic) bond motifs is 1. The summed E-state index contributed by atoms with van der Waals surface area (Å²) in [5, 5.41) is 5.01. The lowest BCUT2D eigenvalue weighted by atomic mass is 10.0. The molecule has 9 heteroatoms. The number of imidazole rings is 1. The Bertz CT molecular complexity index is 1020. The Kier molecular flexibility index (Phi) is 7.49. The van der Waals surface area contributed by atoms with Crippen LogP contribution in [0.3, 0.4) is 0 Å². The number of amides is 3. The number of methoxy groups -OCH3 is 1. The molecule has 1 saturated heterocycles. The highest BCUT2D eigenvalue weighted by Gasteiger charge is 2.31. The van der Waals surface area contributed by atoms with Gasteiger partial charge in [-0.05, 0) is 37.3 Å². The van der Waals surface area contributed by atoms with Gasteiger partial charge in [0.2, 0.25) is 11.8 Å². The van der Waals surface area contributed by atoms with Crippen LogP contribution < -0.4 is 16.3 Å². The first-order valence-electron chi connectivity index (χ1n) is 10.8. The van der Waals surface area contributed by atoms with Crippen molar-refractivity contribution in [3.63, 3.8) is 0 Å². The van der Waals surface area contributed by atoms with Gasteiger partial charge in [-0.25, -0.2) is 9.59 Å². The molecule has 1 fully saturated rings. The fourth-order valence-electron chi connectivity index (χ4n) is 4.18. The predicted octanol–water partition coefficient (Wildman–Crippen LogP) is 2.17. The van der Waals surface area contributed by atoms with Crippen molar-refractivity contribution in [1.82, 2.24) is 19.8 Å². The van der Waals surface area contributed by atoms with E-state index in [4.69, 9.17) is 0 Å². The second-order valence-electron chi connectivity index (χ2n) is 7.90. The molecule has 0 aliphatic carbocycles. The smallest absolute Gasteiger partial charge is 0.406 e. The molecular formula is C22H30N4O5. The van der Waals surface area contributed by atoms with Gasteiger partial charge in [-0.1, -0.05) is 31.4 Å². The molecule has 2 heterocycles. The van der Waals surface area contributed by atoms with E-state index >= 15 is 0 Å². The molecule has 168 valence electrons. The van der Waals surface area contributed by atoms with Gasteiger partial charge in [0, 0.05) is 20.0 Å². The molecule has 1 aromatic carbocycles. The quantitative estimate of drug-likeness (QED) is 0.468. The molecule has 0 spiro atoms. The highest BCUT2D eigenvalue weighted by atomic mass is 16.5. The Morgan fingerprint density at radius 3 is 2.65 bits per heavy atom. The Morgan fingerprint density at radius 1 is 1.16 bits per heavy atom. The van der Waals surface area contributed by atoms with Crippen molar-refractivity contribution in [1.29, 1.82) is 0 Å². The summed E-state index contributed by atoms with van der Waals surface area (Å²) in [6.07, 6.45) is 6.04. The van der Waals surface area contributed by atoms with Gasteiger partial charge < -0.3 is 10.1 Å². The number of aromatic nitrogens is 2. The summed E-state index contributed by atoms with van der Waals surface area (Å²) in [6.45, 7) is 0.613. The van der Waals surface area contributed by atoms with Gasteiger partial charge in [-0.15, -0.1) is 0 Å². The summed E-state index contributed by atoms with van der Waals surface area (Å²) in [4.78, 5) is 47.8. The lowest BCUT2D eigenvalue weighted by molar-refractivity contribution is -0.135. The number of imide groups is 1. The maximum atomic E-state index is 12.9. The van der Waals surface area contributed by atoms with E-state index in [9.17, 15) is 19.2 Å². The molecule has 3 amide bonds. The number of hydrogen-bond donors (Lipinski definition) is 2. The zero-order valence-electron chi connectivity index (χ0n) is 18.1. The van der Waals surface area contributed by atoms with Gasteiger partial charge >= 0.3 is 11.8 Å². The molecule has 0 radical (unpaired) electrons. The van der Waals surface area contributed by atoms with E-state index in [2.05, 4.69) is 15.4 Å². The zero-order valence-corrected chi connectivity index (χ0v) is 18.1. The fraction of sp³-hybridized carbons (Fsp3) is 0.545. The molecule has 3 rings (SSSR count). The monoisotopic (exact) mass is 430 g/mol. The van der Waals surface area contributed by atoms with Crippen LogP contribution >= 0.6 is 0 Å². The third-order valence-corrected chi connectivity index (χ3v) is 5.79. The average Bonchev–Trinajstić information content (AvgIpc) is 3.01. The van der Waals surface area contributed by atoms with Crippen LogP contribution in [0.2, 0.25) is 0 Å². The van der Waals surface area contributed by atoms with Crippen LogP contribution in [0.5, 0.6) is 0 Å². The first-order chi connectivity index (χ1) is 14.9. The number of hydrogen-bond acceptors (Lipinski definition) is 5. The van der Waals surface area contributed by atoms with E-state index in [0.29, 0.717) is 13.0 Å². The van der Waals surface area contributed by atoms with Crippen molar-refractivity contribution in [2.45, 2.75) is 57.4 Å². The molecular weight excluding hydrogens is 400 g/mol. The summed E-state index contributed by atoms with van der Waals surface area (Å²) in [5.41, 5.74) is 2.42. The Morgan fingerprint density at radius 2 is 1.90 bits per heavy atom. The second-order valence-corrected chi connectivity index (χ2v) is 7.90. The average molecular weight is 431 g/mol. The Hall–Kier alpha value is -3.10. The van der Waals surface area contributed by atoms with Gasteiger partial charge in [0.25, 0.3) is 0 Å². The largest absolute Gasteiger partial charge is 0.453 e. The SMILES string of the molecule is COC(=O)NCCCCCCCc1cccc2c1n(C)c(=O)n2C1CCC(=O)NC1=O. The summed E-state index contributed by atoms with van der Waals surface area (Å²) < 4.78 is 7.66. The van der Waals surface area contributed by atoms with Crippen molar-refractivity contribution < 1.29 is 19.1 Å². The third-order valence-electron chi connectivity index (χ3n) is 5.79. The number of rotatable bonds is 9. The van der Waals surface area contributed by atoms with Crippen molar-refractivity contribution in [2.75, 3.05) is 13.7 Å². The van der Waals surface area contributed by atoms with Gasteiger partial charge in [-0.3, -0.25) is 24.0 Å². The van der Waals surface area contributed by atoms with Crippen LogP contribution in [-0.4, -0.2) is 40.7 Å². The second kappa shape index (κ2) is 10.3. The zero-order chi connectivity index (χ0) is 22.4. The number of carbonyl (C=O) groups excluding carboxylic acids is 3. The highest BCUT2D eigenvalue weighted by Crippen LogP contribution is 2.25. The summed E-state index contributed by atoms with van der Waals surface area (Å²) in [5.74, 6) is -0.714. The van der Waals surface area contributed by atoms with Crippen molar-refractivity contribution in [2.24, 2.45) is 7.05 Å². The number of para-hydroxylation sites is 1. The maximum Gasteiger partial charge on any atom is 0.406 e. The topological polar surface area (TPSA) is 111 Å². The molecule has 0 saturated carbocycles. The van der Waals surface area contributed by atoms with Crippen molar-refractivity contribution >= 4 is 28.9 Å². The molecule has 31 heavy (non-hydrogen) atoms. The van der Waals surface area contributed by atoms with Crippen molar-refractivity contribution in [3.8, 4) is 0 Å². The molecule has 0 bridgehead atoms. The number of alkyl carbamates (subject to hydrolysis) is 1. The molecule has 1 unspecified atom stereocenters. The number of nitrogens with zero attached hydrogens (tertiary/aromatic N) is 2. The Balaban J connectivity index is 1.63. The molecule has 1 aliphatic rings. The number of unbranched alkanes of at least 4 members (excludes halogenated alkanes) is 4. The van der Waals surface area contributed by atoms with E-state index in [1.165, 1.54) is 11.7 Å². The minimum absolute atomic E-state index is 0.230. The molecule has 2 aromatic rings. The summed E-state index contributed by atoms with van der Waals surface area (Å²) in [7, 11) is 3.08. The van der Waals surface area contributed by atoms with Crippen molar-refractivity contribution in [3.05, 3.63) is 34.2 Å². The lowest BCUT2D eigenvalue weighted by Gasteiger charge is -2.21. The lowest BCUT2D eigenvalue weighted by Crippen LogP contribution is -2.44. The standard InChI is InChI=1S/C22H30N4O5/c1-25-19-15(9-6-4-3-5-7-14-23-21(29)31-2)10-8-11-16(19)26(22(25)30)17-12-13-18(27)24-20(17)28/h8,10-11,17H,3-7,9,12-14H2,1-2H3,(H,23,29)(H,24,27,28).